The van der Waals surface area contributed by atoms with Gasteiger partial charge < -0.3 is 5.32 Å². The summed E-state index contributed by atoms with van der Waals surface area (Å²) in [6, 6.07) is 6.86. The molecule has 0 fully saturated rings. The molecule has 22 heavy (non-hydrogen) atoms. The highest BCUT2D eigenvalue weighted by Crippen LogP contribution is 2.32. The molecular formula is C14H10F2N2OS3. The van der Waals surface area contributed by atoms with E-state index in [0.29, 0.717) is 33.7 Å². The molecule has 0 aliphatic rings. The first-order chi connectivity index (χ1) is 10.6. The van der Waals surface area contributed by atoms with E-state index in [2.05, 4.69) is 10.3 Å². The maximum absolute atomic E-state index is 12.4. The highest BCUT2D eigenvalue weighted by molar-refractivity contribution is 7.99. The van der Waals surface area contributed by atoms with Gasteiger partial charge in [0.1, 0.15) is 0 Å². The average molecular weight is 356 g/mol. The molecule has 2 aromatic heterocycles. The van der Waals surface area contributed by atoms with Crippen molar-refractivity contribution >= 4 is 55.7 Å². The van der Waals surface area contributed by atoms with Crippen LogP contribution in [0.5, 0.6) is 0 Å². The van der Waals surface area contributed by atoms with Gasteiger partial charge in [0, 0.05) is 4.90 Å². The molecule has 0 saturated carbocycles. The summed E-state index contributed by atoms with van der Waals surface area (Å²) in [6.07, 6.45) is 0.298. The maximum atomic E-state index is 12.4. The number of thiazole rings is 1. The highest BCUT2D eigenvalue weighted by Gasteiger charge is 2.11. The lowest BCUT2D eigenvalue weighted by Crippen LogP contribution is -2.13. The van der Waals surface area contributed by atoms with Crippen LogP contribution in [0.15, 0.2) is 39.9 Å². The van der Waals surface area contributed by atoms with Crippen LogP contribution in [0.3, 0.4) is 0 Å². The van der Waals surface area contributed by atoms with Crippen LogP contribution in [0.2, 0.25) is 0 Å². The van der Waals surface area contributed by atoms with Gasteiger partial charge in [0.25, 0.3) is 5.76 Å². The molecule has 0 spiro atoms. The second-order valence-corrected chi connectivity index (χ2v) is 7.26. The summed E-state index contributed by atoms with van der Waals surface area (Å²) in [5.41, 5.74) is 1.65. The number of alkyl halides is 2. The molecule has 8 heteroatoms. The summed E-state index contributed by atoms with van der Waals surface area (Å²) in [4.78, 5) is 16.7. The van der Waals surface area contributed by atoms with Crippen LogP contribution in [0.1, 0.15) is 5.56 Å². The number of fused-ring (bicyclic) bond motifs is 1. The number of carbonyl (C=O) groups excluding carboxylic acids is 1. The zero-order valence-electron chi connectivity index (χ0n) is 11.1. The van der Waals surface area contributed by atoms with Gasteiger partial charge in [-0.2, -0.15) is 20.1 Å². The first-order valence-corrected chi connectivity index (χ1v) is 8.90. The van der Waals surface area contributed by atoms with E-state index >= 15 is 0 Å². The molecule has 3 rings (SSSR count). The Bertz CT molecular complexity index is 787. The minimum Gasteiger partial charge on any atom is -0.302 e. The first kappa shape index (κ1) is 15.4. The van der Waals surface area contributed by atoms with E-state index in [1.165, 1.54) is 11.3 Å². The summed E-state index contributed by atoms with van der Waals surface area (Å²) in [7, 11) is 0. The Kier molecular flexibility index (Phi) is 4.70. The van der Waals surface area contributed by atoms with Crippen molar-refractivity contribution < 1.29 is 13.6 Å². The van der Waals surface area contributed by atoms with Crippen LogP contribution in [0.4, 0.5) is 13.9 Å². The van der Waals surface area contributed by atoms with Gasteiger partial charge >= 0.3 is 0 Å². The predicted molar refractivity (Wildman–Crippen MR) is 88.1 cm³/mol. The molecule has 0 aliphatic heterocycles. The van der Waals surface area contributed by atoms with Gasteiger partial charge in [-0.1, -0.05) is 23.1 Å². The number of thioether (sulfide) groups is 1. The molecule has 0 bridgehead atoms. The van der Waals surface area contributed by atoms with Gasteiger partial charge in [-0.25, -0.2) is 4.98 Å². The minimum atomic E-state index is -2.45. The van der Waals surface area contributed by atoms with Crippen LogP contribution >= 0.6 is 34.4 Å². The highest BCUT2D eigenvalue weighted by atomic mass is 32.2. The van der Waals surface area contributed by atoms with Gasteiger partial charge in [-0.15, -0.1) is 0 Å². The summed E-state index contributed by atoms with van der Waals surface area (Å²) >= 11 is 3.32. The maximum Gasteiger partial charge on any atom is 0.288 e. The SMILES string of the molecule is O=C(Cc1ccsc1)Nc1nc2ccc(SC(F)F)cc2s1. The van der Waals surface area contributed by atoms with Gasteiger partial charge in [-0.05, 0) is 40.6 Å². The minimum absolute atomic E-state index is 0.139. The Morgan fingerprint density at radius 3 is 2.95 bits per heavy atom. The fraction of sp³-hybridized carbons (Fsp3) is 0.143. The summed E-state index contributed by atoms with van der Waals surface area (Å²) in [5.74, 6) is -2.59. The third-order valence-electron chi connectivity index (χ3n) is 2.78. The number of carbonyl (C=O) groups is 1. The molecule has 1 amide bonds. The van der Waals surface area contributed by atoms with Gasteiger partial charge in [0.05, 0.1) is 16.6 Å². The van der Waals surface area contributed by atoms with Crippen molar-refractivity contribution in [2.24, 2.45) is 0 Å². The largest absolute Gasteiger partial charge is 0.302 e. The van der Waals surface area contributed by atoms with E-state index in [1.807, 2.05) is 16.8 Å². The number of anilines is 1. The number of hydrogen-bond acceptors (Lipinski definition) is 5. The van der Waals surface area contributed by atoms with E-state index in [1.54, 1.807) is 29.5 Å². The van der Waals surface area contributed by atoms with E-state index in [9.17, 15) is 13.6 Å². The molecule has 0 radical (unpaired) electrons. The summed E-state index contributed by atoms with van der Waals surface area (Å²) in [6.45, 7) is 0. The molecule has 0 atom stereocenters. The molecule has 2 heterocycles. The normalized spacial score (nSPS) is 11.2. The third-order valence-corrected chi connectivity index (χ3v) is 5.15. The quantitative estimate of drug-likeness (QED) is 0.664. The Morgan fingerprint density at radius 1 is 1.36 bits per heavy atom. The van der Waals surface area contributed by atoms with Crippen molar-refractivity contribution in [1.82, 2.24) is 4.98 Å². The monoisotopic (exact) mass is 356 g/mol. The Labute approximate surface area is 137 Å². The lowest BCUT2D eigenvalue weighted by Gasteiger charge is -1.98. The Hall–Kier alpha value is -1.51. The standard InChI is InChI=1S/C14H10F2N2OS3/c15-13(16)21-9-1-2-10-11(6-9)22-14(17-10)18-12(19)5-8-3-4-20-7-8/h1-4,6-7,13H,5H2,(H,17,18,19). The number of hydrogen-bond donors (Lipinski definition) is 1. The predicted octanol–water partition coefficient (Wildman–Crippen LogP) is 4.85. The smallest absolute Gasteiger partial charge is 0.288 e. The molecule has 0 unspecified atom stereocenters. The fourth-order valence-electron chi connectivity index (χ4n) is 1.88. The van der Waals surface area contributed by atoms with E-state index in [0.717, 1.165) is 10.3 Å². The van der Waals surface area contributed by atoms with Crippen LogP contribution in [-0.4, -0.2) is 16.6 Å². The second-order valence-electron chi connectivity index (χ2n) is 4.38. The number of thiophene rings is 1. The number of benzene rings is 1. The van der Waals surface area contributed by atoms with E-state index in [4.69, 9.17) is 0 Å². The van der Waals surface area contributed by atoms with Crippen molar-refractivity contribution in [2.75, 3.05) is 5.32 Å². The zero-order valence-corrected chi connectivity index (χ0v) is 13.5. The van der Waals surface area contributed by atoms with Gasteiger partial charge in [0.15, 0.2) is 5.13 Å². The molecule has 3 nitrogen and oxygen atoms in total. The molecule has 3 aromatic rings. The van der Waals surface area contributed by atoms with Crippen LogP contribution in [0.25, 0.3) is 10.2 Å². The second kappa shape index (κ2) is 6.72. The molecular weight excluding hydrogens is 346 g/mol. The molecule has 114 valence electrons. The van der Waals surface area contributed by atoms with Crippen molar-refractivity contribution in [2.45, 2.75) is 17.1 Å². The Morgan fingerprint density at radius 2 is 2.23 bits per heavy atom. The number of rotatable bonds is 5. The first-order valence-electron chi connectivity index (χ1n) is 6.26. The molecule has 0 saturated heterocycles. The average Bonchev–Trinajstić information content (AvgIpc) is 3.06. The molecule has 1 N–H and O–H groups in total. The van der Waals surface area contributed by atoms with Gasteiger partial charge in [0.2, 0.25) is 5.91 Å². The number of halogens is 2. The summed E-state index contributed by atoms with van der Waals surface area (Å²) in [5, 5.41) is 7.07. The number of aromatic nitrogens is 1. The van der Waals surface area contributed by atoms with Crippen LogP contribution in [0, 0.1) is 0 Å². The van der Waals surface area contributed by atoms with Crippen LogP contribution < -0.4 is 5.32 Å². The van der Waals surface area contributed by atoms with Crippen molar-refractivity contribution in [3.8, 4) is 0 Å². The lowest BCUT2D eigenvalue weighted by atomic mass is 10.2. The Balaban J connectivity index is 1.72. The number of amides is 1. The number of nitrogens with zero attached hydrogens (tertiary/aromatic N) is 1. The molecule has 1 aromatic carbocycles. The van der Waals surface area contributed by atoms with Crippen molar-refractivity contribution in [3.05, 3.63) is 40.6 Å². The van der Waals surface area contributed by atoms with E-state index in [-0.39, 0.29) is 5.91 Å². The summed E-state index contributed by atoms with van der Waals surface area (Å²) < 4.78 is 25.5. The zero-order chi connectivity index (χ0) is 15.5. The fourth-order valence-corrected chi connectivity index (χ4v) is 4.08. The van der Waals surface area contributed by atoms with Crippen molar-refractivity contribution in [1.29, 1.82) is 0 Å². The van der Waals surface area contributed by atoms with Crippen molar-refractivity contribution in [3.63, 3.8) is 0 Å². The van der Waals surface area contributed by atoms with E-state index < -0.39 is 5.76 Å². The van der Waals surface area contributed by atoms with Crippen LogP contribution in [-0.2, 0) is 11.2 Å². The van der Waals surface area contributed by atoms with Gasteiger partial charge in [-0.3, -0.25) is 4.79 Å². The third kappa shape index (κ3) is 3.82. The topological polar surface area (TPSA) is 42.0 Å². The molecule has 0 aliphatic carbocycles. The number of nitrogens with one attached hydrogen (secondary N) is 1. The lowest BCUT2D eigenvalue weighted by molar-refractivity contribution is -0.115.